The molecule has 4 aromatic carbocycles. The van der Waals surface area contributed by atoms with Gasteiger partial charge in [0.2, 0.25) is 0 Å². The Bertz CT molecular complexity index is 1480. The van der Waals surface area contributed by atoms with Crippen LogP contribution in [0.3, 0.4) is 0 Å². The molecule has 0 aliphatic rings. The number of hydrogen-bond donors (Lipinski definition) is 4. The third-order valence-electron chi connectivity index (χ3n) is 6.56. The first-order valence-corrected chi connectivity index (χ1v) is 14.2. The van der Waals surface area contributed by atoms with Crippen molar-refractivity contribution in [3.8, 4) is 0 Å². The zero-order chi connectivity index (χ0) is 31.3. The molecule has 0 atom stereocenters. The molecular weight excluding hydrogens is 560 g/mol. The monoisotopic (exact) mass is 594 g/mol. The van der Waals surface area contributed by atoms with Gasteiger partial charge in [0, 0.05) is 33.9 Å². The number of esters is 2. The maximum absolute atomic E-state index is 12.4. The van der Waals surface area contributed by atoms with Gasteiger partial charge in [0.15, 0.2) is 0 Å². The molecule has 0 bridgehead atoms. The number of carbonyl (C=O) groups excluding carboxylic acids is 4. The molecular formula is C34H34N4O6. The van der Waals surface area contributed by atoms with E-state index in [1.54, 1.807) is 97.1 Å². The topological polar surface area (TPSA) is 163 Å². The van der Waals surface area contributed by atoms with Crippen LogP contribution in [0, 0.1) is 0 Å². The van der Waals surface area contributed by atoms with Crippen molar-refractivity contribution in [3.05, 3.63) is 119 Å². The summed E-state index contributed by atoms with van der Waals surface area (Å²) in [6.45, 7) is 0.516. The third-order valence-corrected chi connectivity index (χ3v) is 6.56. The van der Waals surface area contributed by atoms with Gasteiger partial charge in [-0.05, 0) is 111 Å². The molecule has 0 saturated heterocycles. The average molecular weight is 595 g/mol. The summed E-state index contributed by atoms with van der Waals surface area (Å²) >= 11 is 0. The van der Waals surface area contributed by atoms with Gasteiger partial charge in [-0.25, -0.2) is 9.59 Å². The van der Waals surface area contributed by atoms with Crippen molar-refractivity contribution in [3.63, 3.8) is 0 Å². The van der Waals surface area contributed by atoms with Crippen LogP contribution in [0.5, 0.6) is 0 Å². The number of nitrogen functional groups attached to an aromatic ring is 2. The molecule has 0 fully saturated rings. The number of anilines is 4. The van der Waals surface area contributed by atoms with Crippen molar-refractivity contribution in [2.24, 2.45) is 0 Å². The van der Waals surface area contributed by atoms with Crippen molar-refractivity contribution in [2.45, 2.75) is 25.7 Å². The largest absolute Gasteiger partial charge is 0.462 e. The van der Waals surface area contributed by atoms with E-state index in [0.29, 0.717) is 57.8 Å². The van der Waals surface area contributed by atoms with Gasteiger partial charge in [0.25, 0.3) is 11.8 Å². The van der Waals surface area contributed by atoms with E-state index < -0.39 is 11.9 Å². The summed E-state index contributed by atoms with van der Waals surface area (Å²) in [4.78, 5) is 49.5. The van der Waals surface area contributed by atoms with Gasteiger partial charge < -0.3 is 31.6 Å². The van der Waals surface area contributed by atoms with Gasteiger partial charge in [-0.15, -0.1) is 0 Å². The summed E-state index contributed by atoms with van der Waals surface area (Å²) in [5.41, 5.74) is 15.2. The summed E-state index contributed by atoms with van der Waals surface area (Å²) in [5, 5.41) is 5.52. The van der Waals surface area contributed by atoms with Crippen LogP contribution in [0.15, 0.2) is 97.1 Å². The fourth-order valence-electron chi connectivity index (χ4n) is 4.21. The molecule has 0 unspecified atom stereocenters. The second kappa shape index (κ2) is 15.5. The van der Waals surface area contributed by atoms with E-state index in [1.807, 2.05) is 0 Å². The van der Waals surface area contributed by atoms with E-state index in [0.717, 1.165) is 12.8 Å². The highest BCUT2D eigenvalue weighted by Crippen LogP contribution is 2.16. The number of unbranched alkanes of at least 4 members (excludes halogenated alkanes) is 3. The zero-order valence-corrected chi connectivity index (χ0v) is 24.1. The van der Waals surface area contributed by atoms with Gasteiger partial charge >= 0.3 is 11.9 Å². The summed E-state index contributed by atoms with van der Waals surface area (Å²) in [6, 6.07) is 26.2. The Kier molecular flexibility index (Phi) is 11.1. The highest BCUT2D eigenvalue weighted by molar-refractivity contribution is 6.05. The minimum absolute atomic E-state index is 0.258. The van der Waals surface area contributed by atoms with Gasteiger partial charge in [0.05, 0.1) is 24.3 Å². The summed E-state index contributed by atoms with van der Waals surface area (Å²) in [7, 11) is 0. The molecule has 0 saturated carbocycles. The quantitative estimate of drug-likeness (QED) is 0.0841. The smallest absolute Gasteiger partial charge is 0.338 e. The second-order valence-electron chi connectivity index (χ2n) is 10.00. The first-order valence-electron chi connectivity index (χ1n) is 14.2. The highest BCUT2D eigenvalue weighted by Gasteiger charge is 2.12. The van der Waals surface area contributed by atoms with Crippen LogP contribution in [0.25, 0.3) is 0 Å². The van der Waals surface area contributed by atoms with Crippen molar-refractivity contribution < 1.29 is 28.7 Å². The number of ether oxygens (including phenoxy) is 2. The van der Waals surface area contributed by atoms with Crippen molar-refractivity contribution in [2.75, 3.05) is 35.3 Å². The molecule has 10 heteroatoms. The lowest BCUT2D eigenvalue weighted by molar-refractivity contribution is 0.0473. The molecule has 0 radical (unpaired) electrons. The van der Waals surface area contributed by atoms with E-state index in [-0.39, 0.29) is 25.0 Å². The molecule has 44 heavy (non-hydrogen) atoms. The molecule has 4 rings (SSSR count). The third kappa shape index (κ3) is 9.45. The van der Waals surface area contributed by atoms with E-state index >= 15 is 0 Å². The van der Waals surface area contributed by atoms with Gasteiger partial charge in [-0.2, -0.15) is 0 Å². The summed E-state index contributed by atoms with van der Waals surface area (Å²) in [6.07, 6.45) is 2.93. The van der Waals surface area contributed by atoms with E-state index in [1.165, 1.54) is 0 Å². The number of amides is 2. The molecule has 226 valence electrons. The van der Waals surface area contributed by atoms with Crippen LogP contribution < -0.4 is 22.1 Å². The highest BCUT2D eigenvalue weighted by atomic mass is 16.5. The van der Waals surface area contributed by atoms with Crippen LogP contribution in [0.2, 0.25) is 0 Å². The molecule has 6 N–H and O–H groups in total. The molecule has 0 aromatic heterocycles. The van der Waals surface area contributed by atoms with Crippen molar-refractivity contribution >= 4 is 46.5 Å². The minimum atomic E-state index is -0.463. The number of benzene rings is 4. The fraction of sp³-hybridized carbons (Fsp3) is 0.176. The SMILES string of the molecule is Nc1cccc(NC(=O)c2ccc(C(=O)OCCCCCCOC(=O)c3ccc(C(=O)Nc4cccc(N)c4)cc3)cc2)c1. The predicted octanol–water partition coefficient (Wildman–Crippen LogP) is 5.93. The number of hydrogen-bond acceptors (Lipinski definition) is 8. The number of nitrogens with two attached hydrogens (primary N) is 2. The maximum Gasteiger partial charge on any atom is 0.338 e. The fourth-order valence-corrected chi connectivity index (χ4v) is 4.21. The van der Waals surface area contributed by atoms with Crippen LogP contribution in [0.1, 0.15) is 67.1 Å². The minimum Gasteiger partial charge on any atom is -0.462 e. The zero-order valence-electron chi connectivity index (χ0n) is 24.1. The van der Waals surface area contributed by atoms with Crippen molar-refractivity contribution in [1.29, 1.82) is 0 Å². The van der Waals surface area contributed by atoms with Crippen LogP contribution in [-0.2, 0) is 9.47 Å². The lowest BCUT2D eigenvalue weighted by Crippen LogP contribution is -2.13. The number of rotatable bonds is 13. The van der Waals surface area contributed by atoms with Crippen LogP contribution in [-0.4, -0.2) is 37.0 Å². The van der Waals surface area contributed by atoms with E-state index in [9.17, 15) is 19.2 Å². The van der Waals surface area contributed by atoms with E-state index in [4.69, 9.17) is 20.9 Å². The maximum atomic E-state index is 12.4. The number of nitrogens with one attached hydrogen (secondary N) is 2. The first kappa shape index (κ1) is 31.3. The van der Waals surface area contributed by atoms with E-state index in [2.05, 4.69) is 10.6 Å². The molecule has 0 heterocycles. The van der Waals surface area contributed by atoms with Gasteiger partial charge in [-0.1, -0.05) is 12.1 Å². The Morgan fingerprint density at radius 3 is 1.23 bits per heavy atom. The molecule has 2 amide bonds. The van der Waals surface area contributed by atoms with Gasteiger partial charge in [-0.3, -0.25) is 9.59 Å². The Balaban J connectivity index is 1.08. The Morgan fingerprint density at radius 1 is 0.500 bits per heavy atom. The Hall–Kier alpha value is -5.64. The predicted molar refractivity (Wildman–Crippen MR) is 170 cm³/mol. The average Bonchev–Trinajstić information content (AvgIpc) is 3.02. The number of carbonyl (C=O) groups is 4. The van der Waals surface area contributed by atoms with Crippen LogP contribution in [0.4, 0.5) is 22.7 Å². The molecule has 4 aromatic rings. The van der Waals surface area contributed by atoms with Crippen LogP contribution >= 0.6 is 0 Å². The molecule has 10 nitrogen and oxygen atoms in total. The molecule has 0 aliphatic carbocycles. The normalized spacial score (nSPS) is 10.5. The molecule has 0 spiro atoms. The second-order valence-corrected chi connectivity index (χ2v) is 10.00. The standard InChI is InChI=1S/C34H34N4O6/c35-27-7-5-9-29(21-27)37-31(39)23-11-15-25(16-12-23)33(41)43-19-3-1-2-4-20-44-34(42)26-17-13-24(14-18-26)32(40)38-30-10-6-8-28(36)22-30/h5-18,21-22H,1-4,19-20,35-36H2,(H,37,39)(H,38,40). The Morgan fingerprint density at radius 2 is 0.864 bits per heavy atom. The van der Waals surface area contributed by atoms with Gasteiger partial charge in [0.1, 0.15) is 0 Å². The molecule has 0 aliphatic heterocycles. The summed E-state index contributed by atoms with van der Waals surface area (Å²) in [5.74, 6) is -1.55. The lowest BCUT2D eigenvalue weighted by atomic mass is 10.1. The Labute approximate surface area is 255 Å². The first-order chi connectivity index (χ1) is 21.3. The lowest BCUT2D eigenvalue weighted by Gasteiger charge is -2.08. The summed E-state index contributed by atoms with van der Waals surface area (Å²) < 4.78 is 10.7. The van der Waals surface area contributed by atoms with Crippen molar-refractivity contribution in [1.82, 2.24) is 0 Å².